The Morgan fingerprint density at radius 3 is 2.67 bits per heavy atom. The van der Waals surface area contributed by atoms with E-state index < -0.39 is 5.79 Å². The van der Waals surface area contributed by atoms with Crippen LogP contribution in [0.5, 0.6) is 0 Å². The summed E-state index contributed by atoms with van der Waals surface area (Å²) >= 11 is 0. The van der Waals surface area contributed by atoms with Gasteiger partial charge in [0.05, 0.1) is 6.61 Å². The average molecular weight is 210 g/mol. The fourth-order valence-corrected chi connectivity index (χ4v) is 1.28. The predicted molar refractivity (Wildman–Crippen MR) is 59.1 cm³/mol. The highest BCUT2D eigenvalue weighted by molar-refractivity contribution is 5.04. The van der Waals surface area contributed by atoms with Crippen LogP contribution in [0.4, 0.5) is 0 Å². The minimum absolute atomic E-state index is 0.137. The molecule has 0 aromatic rings. The van der Waals surface area contributed by atoms with E-state index in [1.807, 2.05) is 13.8 Å². The summed E-state index contributed by atoms with van der Waals surface area (Å²) in [7, 11) is 0. The summed E-state index contributed by atoms with van der Waals surface area (Å²) in [5.41, 5.74) is 0. The molecular weight excluding hydrogens is 192 g/mol. The summed E-state index contributed by atoms with van der Waals surface area (Å²) in [5, 5.41) is 0. The molecule has 84 valence electrons. The first kappa shape index (κ1) is 11.9. The summed E-state index contributed by atoms with van der Waals surface area (Å²) < 4.78 is 16.5. The van der Waals surface area contributed by atoms with Gasteiger partial charge < -0.3 is 14.2 Å². The molecule has 1 rings (SSSR count). The van der Waals surface area contributed by atoms with Gasteiger partial charge in [-0.1, -0.05) is 12.2 Å². The summed E-state index contributed by atoms with van der Waals surface area (Å²) in [6, 6.07) is 0. The maximum Gasteiger partial charge on any atom is 0.244 e. The first-order valence-electron chi connectivity index (χ1n) is 4.99. The van der Waals surface area contributed by atoms with Crippen LogP contribution in [0.2, 0.25) is 0 Å². The van der Waals surface area contributed by atoms with Crippen LogP contribution < -0.4 is 0 Å². The van der Waals surface area contributed by atoms with Crippen LogP contribution >= 0.6 is 0 Å². The lowest BCUT2D eigenvalue weighted by atomic mass is 10.2. The molecule has 0 spiro atoms. The van der Waals surface area contributed by atoms with Crippen molar-refractivity contribution >= 4 is 0 Å². The van der Waals surface area contributed by atoms with Gasteiger partial charge in [-0.25, -0.2) is 0 Å². The average Bonchev–Trinajstić information content (AvgIpc) is 2.53. The number of hydrogen-bond donors (Lipinski definition) is 0. The van der Waals surface area contributed by atoms with E-state index in [2.05, 4.69) is 13.2 Å². The van der Waals surface area contributed by atoms with Crippen LogP contribution in [0.25, 0.3) is 0 Å². The second kappa shape index (κ2) is 5.03. The third-order valence-electron chi connectivity index (χ3n) is 1.94. The van der Waals surface area contributed by atoms with Crippen LogP contribution in [-0.4, -0.2) is 18.5 Å². The summed E-state index contributed by atoms with van der Waals surface area (Å²) in [5.74, 6) is 0.119. The smallest absolute Gasteiger partial charge is 0.244 e. The lowest BCUT2D eigenvalue weighted by Gasteiger charge is -2.21. The molecule has 0 N–H and O–H groups in total. The molecule has 3 heteroatoms. The molecule has 1 aliphatic heterocycles. The number of ether oxygens (including phenoxy) is 3. The largest absolute Gasteiger partial charge is 0.457 e. The van der Waals surface area contributed by atoms with Gasteiger partial charge in [0.25, 0.3) is 0 Å². The lowest BCUT2D eigenvalue weighted by molar-refractivity contribution is -0.127. The molecule has 0 saturated heterocycles. The molecule has 1 atom stereocenters. The fourth-order valence-electron chi connectivity index (χ4n) is 1.28. The van der Waals surface area contributed by atoms with Crippen molar-refractivity contribution in [3.05, 3.63) is 37.3 Å². The molecule has 0 unspecified atom stereocenters. The van der Waals surface area contributed by atoms with Gasteiger partial charge in [-0.15, -0.1) is 13.2 Å². The summed E-state index contributed by atoms with van der Waals surface area (Å²) in [6.45, 7) is 11.5. The highest BCUT2D eigenvalue weighted by atomic mass is 16.7. The van der Waals surface area contributed by atoms with Crippen molar-refractivity contribution in [1.82, 2.24) is 0 Å². The highest BCUT2D eigenvalue weighted by Crippen LogP contribution is 2.28. The third kappa shape index (κ3) is 3.44. The van der Waals surface area contributed by atoms with Crippen LogP contribution in [0.3, 0.4) is 0 Å². The first-order valence-corrected chi connectivity index (χ1v) is 4.99. The Bertz CT molecular complexity index is 266. The van der Waals surface area contributed by atoms with Gasteiger partial charge in [0.1, 0.15) is 12.4 Å². The van der Waals surface area contributed by atoms with E-state index in [-0.39, 0.29) is 6.10 Å². The Labute approximate surface area is 91.0 Å². The molecule has 0 amide bonds. The van der Waals surface area contributed by atoms with Crippen LogP contribution in [-0.2, 0) is 14.2 Å². The van der Waals surface area contributed by atoms with Crippen molar-refractivity contribution in [3.63, 3.8) is 0 Å². The molecule has 0 aromatic carbocycles. The van der Waals surface area contributed by atoms with E-state index in [1.165, 1.54) is 0 Å². The van der Waals surface area contributed by atoms with Crippen LogP contribution in [0.1, 0.15) is 20.3 Å². The minimum Gasteiger partial charge on any atom is -0.457 e. The second-order valence-electron chi connectivity index (χ2n) is 3.77. The molecule has 1 heterocycles. The van der Waals surface area contributed by atoms with Gasteiger partial charge >= 0.3 is 0 Å². The fraction of sp³-hybridized carbons (Fsp3) is 0.500. The topological polar surface area (TPSA) is 27.7 Å². The normalized spacial score (nSPS) is 19.7. The quantitative estimate of drug-likeness (QED) is 0.631. The van der Waals surface area contributed by atoms with Gasteiger partial charge in [-0.2, -0.15) is 0 Å². The summed E-state index contributed by atoms with van der Waals surface area (Å²) in [6.07, 6.45) is 5.67. The zero-order valence-electron chi connectivity index (χ0n) is 9.36. The van der Waals surface area contributed by atoms with Gasteiger partial charge in [0.2, 0.25) is 5.79 Å². The Balaban J connectivity index is 2.56. The maximum atomic E-state index is 5.59. The molecule has 0 aromatic heterocycles. The molecule has 0 radical (unpaired) electrons. The SMILES string of the molecule is C=CCO[C@H](CC=C)C1=COC(C)(C)O1. The van der Waals surface area contributed by atoms with E-state index in [9.17, 15) is 0 Å². The molecule has 0 saturated carbocycles. The molecule has 0 fully saturated rings. The van der Waals surface area contributed by atoms with Crippen molar-refractivity contribution in [2.24, 2.45) is 0 Å². The number of rotatable bonds is 6. The van der Waals surface area contributed by atoms with Crippen LogP contribution in [0.15, 0.2) is 37.3 Å². The van der Waals surface area contributed by atoms with E-state index in [0.29, 0.717) is 18.8 Å². The molecule has 3 nitrogen and oxygen atoms in total. The Hall–Kier alpha value is -1.22. The Morgan fingerprint density at radius 2 is 2.20 bits per heavy atom. The van der Waals surface area contributed by atoms with E-state index in [0.717, 1.165) is 0 Å². The van der Waals surface area contributed by atoms with Crippen molar-refractivity contribution in [3.8, 4) is 0 Å². The van der Waals surface area contributed by atoms with E-state index in [1.54, 1.807) is 18.4 Å². The van der Waals surface area contributed by atoms with Gasteiger partial charge in [-0.3, -0.25) is 0 Å². The Kier molecular flexibility index (Phi) is 3.97. The van der Waals surface area contributed by atoms with Crippen molar-refractivity contribution < 1.29 is 14.2 Å². The number of hydrogen-bond acceptors (Lipinski definition) is 3. The minimum atomic E-state index is -0.591. The van der Waals surface area contributed by atoms with Crippen molar-refractivity contribution in [2.45, 2.75) is 32.2 Å². The van der Waals surface area contributed by atoms with E-state index in [4.69, 9.17) is 14.2 Å². The lowest BCUT2D eigenvalue weighted by Crippen LogP contribution is -2.24. The van der Waals surface area contributed by atoms with Crippen LogP contribution in [0, 0.1) is 0 Å². The van der Waals surface area contributed by atoms with Gasteiger partial charge in [-0.05, 0) is 6.42 Å². The van der Waals surface area contributed by atoms with E-state index >= 15 is 0 Å². The second-order valence-corrected chi connectivity index (χ2v) is 3.77. The van der Waals surface area contributed by atoms with Crippen molar-refractivity contribution in [2.75, 3.05) is 6.61 Å². The molecule has 0 aliphatic carbocycles. The monoisotopic (exact) mass is 210 g/mol. The zero-order valence-corrected chi connectivity index (χ0v) is 9.36. The standard InChI is InChI=1S/C12H18O3/c1-5-7-10(13-8-6-2)11-9-14-12(3,4)15-11/h5-6,9-10H,1-2,7-8H2,3-4H3/t10-/m1/s1. The molecule has 15 heavy (non-hydrogen) atoms. The molecule has 1 aliphatic rings. The first-order chi connectivity index (χ1) is 7.09. The third-order valence-corrected chi connectivity index (χ3v) is 1.94. The van der Waals surface area contributed by atoms with Gasteiger partial charge in [0.15, 0.2) is 5.76 Å². The summed E-state index contributed by atoms with van der Waals surface area (Å²) in [4.78, 5) is 0. The highest BCUT2D eigenvalue weighted by Gasteiger charge is 2.31. The predicted octanol–water partition coefficient (Wildman–Crippen LogP) is 2.76. The van der Waals surface area contributed by atoms with Gasteiger partial charge in [0, 0.05) is 13.8 Å². The Morgan fingerprint density at radius 1 is 1.47 bits per heavy atom. The molecule has 0 bridgehead atoms. The zero-order chi connectivity index (χ0) is 11.3. The van der Waals surface area contributed by atoms with Crippen molar-refractivity contribution in [1.29, 1.82) is 0 Å². The maximum absolute atomic E-state index is 5.59. The molecular formula is C12H18O3.